The van der Waals surface area contributed by atoms with Crippen molar-refractivity contribution in [2.45, 2.75) is 6.42 Å². The summed E-state index contributed by atoms with van der Waals surface area (Å²) in [5, 5.41) is 0. The average Bonchev–Trinajstić information content (AvgIpc) is 3.44. The van der Waals surface area contributed by atoms with Crippen LogP contribution >= 0.6 is 0 Å². The molecule has 0 aliphatic carbocycles. The molecule has 334 valence electrons. The first-order valence-corrected chi connectivity index (χ1v) is 24.0. The van der Waals surface area contributed by atoms with Crippen LogP contribution in [0.25, 0.3) is 33.4 Å². The summed E-state index contributed by atoms with van der Waals surface area (Å²) in [6.45, 7) is 0. The number of hydrogen-bond acceptors (Lipinski definition) is 3. The molecule has 0 amide bonds. The summed E-state index contributed by atoms with van der Waals surface area (Å²) in [5.41, 5.74) is 19.6. The topological polar surface area (TPSA) is 9.72 Å². The van der Waals surface area contributed by atoms with Gasteiger partial charge in [0.25, 0.3) is 0 Å². The molecule has 0 unspecified atom stereocenters. The molecule has 0 saturated heterocycles. The van der Waals surface area contributed by atoms with Crippen molar-refractivity contribution in [1.82, 2.24) is 0 Å². The predicted molar refractivity (Wildman–Crippen MR) is 296 cm³/mol. The van der Waals surface area contributed by atoms with Gasteiger partial charge in [0.1, 0.15) is 0 Å². The summed E-state index contributed by atoms with van der Waals surface area (Å²) in [4.78, 5) is 6.93. The van der Waals surface area contributed by atoms with Gasteiger partial charge in [-0.2, -0.15) is 0 Å². The minimum atomic E-state index is 0.932. The van der Waals surface area contributed by atoms with Crippen LogP contribution in [-0.2, 0) is 6.42 Å². The summed E-state index contributed by atoms with van der Waals surface area (Å²) in [5.74, 6) is 0. The first kappa shape index (κ1) is 43.4. The van der Waals surface area contributed by atoms with E-state index in [1.165, 1.54) is 27.8 Å². The van der Waals surface area contributed by atoms with Crippen molar-refractivity contribution in [2.24, 2.45) is 0 Å². The third-order valence-electron chi connectivity index (χ3n) is 12.9. The van der Waals surface area contributed by atoms with Gasteiger partial charge in [0.2, 0.25) is 0 Å². The molecule has 0 fully saturated rings. The number of rotatable bonds is 14. The Hall–Kier alpha value is -9.18. The fourth-order valence-electron chi connectivity index (χ4n) is 9.31. The number of benzene rings is 11. The Labute approximate surface area is 412 Å². The molecule has 11 aromatic carbocycles. The maximum absolute atomic E-state index is 2.32. The van der Waals surface area contributed by atoms with E-state index in [1.807, 2.05) is 0 Å². The van der Waals surface area contributed by atoms with Gasteiger partial charge in [-0.15, -0.1) is 0 Å². The van der Waals surface area contributed by atoms with E-state index in [9.17, 15) is 0 Å². The molecule has 0 aliphatic heterocycles. The molecule has 11 rings (SSSR count). The molecule has 0 N–H and O–H groups in total. The standard InChI is InChI=1S/C67H51N3/c1-6-16-51(17-7-1)50-52-26-28-53(29-27-52)54-30-42-64(43-31-54)69(61-22-12-4-13-23-61)65-46-36-57(37-47-65)58-38-48-67(49-39-58)70(62-24-14-5-15-25-62)66-44-34-56(35-45-66)55-32-40-63(41-33-55)68(59-18-8-2-9-19-59)60-20-10-3-11-21-60/h1-49H,50H2. The minimum Gasteiger partial charge on any atom is -0.311 e. The van der Waals surface area contributed by atoms with E-state index in [0.29, 0.717) is 0 Å². The highest BCUT2D eigenvalue weighted by atomic mass is 15.2. The maximum atomic E-state index is 2.32. The second kappa shape index (κ2) is 20.4. The van der Waals surface area contributed by atoms with Crippen LogP contribution in [0.15, 0.2) is 297 Å². The summed E-state index contributed by atoms with van der Waals surface area (Å²) in [7, 11) is 0. The van der Waals surface area contributed by atoms with Crippen LogP contribution in [0.3, 0.4) is 0 Å². The fraction of sp³-hybridized carbons (Fsp3) is 0.0149. The highest BCUT2D eigenvalue weighted by Crippen LogP contribution is 2.40. The van der Waals surface area contributed by atoms with Crippen molar-refractivity contribution in [3.63, 3.8) is 0 Å². The second-order valence-corrected chi connectivity index (χ2v) is 17.4. The molecule has 0 atom stereocenters. The van der Waals surface area contributed by atoms with Crippen molar-refractivity contribution in [1.29, 1.82) is 0 Å². The molecule has 0 heterocycles. The van der Waals surface area contributed by atoms with Crippen LogP contribution in [0.5, 0.6) is 0 Å². The Kier molecular flexibility index (Phi) is 12.6. The molecule has 0 spiro atoms. The first-order chi connectivity index (χ1) is 34.7. The predicted octanol–water partition coefficient (Wildman–Crippen LogP) is 18.7. The molecular weight excluding hydrogens is 847 g/mol. The zero-order valence-electron chi connectivity index (χ0n) is 38.8. The van der Waals surface area contributed by atoms with Gasteiger partial charge in [-0.1, -0.05) is 188 Å². The lowest BCUT2D eigenvalue weighted by atomic mass is 10.00. The zero-order chi connectivity index (χ0) is 46.9. The molecule has 0 bridgehead atoms. The first-order valence-electron chi connectivity index (χ1n) is 24.0. The summed E-state index contributed by atoms with van der Waals surface area (Å²) >= 11 is 0. The molecule has 0 saturated carbocycles. The lowest BCUT2D eigenvalue weighted by Crippen LogP contribution is -2.10. The van der Waals surface area contributed by atoms with Gasteiger partial charge in [0.15, 0.2) is 0 Å². The Bertz CT molecular complexity index is 3320. The number of hydrogen-bond donors (Lipinski definition) is 0. The fourth-order valence-corrected chi connectivity index (χ4v) is 9.31. The Morgan fingerprint density at radius 2 is 0.329 bits per heavy atom. The van der Waals surface area contributed by atoms with Crippen LogP contribution < -0.4 is 14.7 Å². The number of anilines is 9. The monoisotopic (exact) mass is 897 g/mol. The smallest absolute Gasteiger partial charge is 0.0462 e. The number of para-hydroxylation sites is 4. The Morgan fingerprint density at radius 3 is 0.557 bits per heavy atom. The average molecular weight is 898 g/mol. The largest absolute Gasteiger partial charge is 0.311 e. The molecule has 3 heteroatoms. The van der Waals surface area contributed by atoms with Crippen LogP contribution in [0.2, 0.25) is 0 Å². The van der Waals surface area contributed by atoms with Gasteiger partial charge >= 0.3 is 0 Å². The normalized spacial score (nSPS) is 10.9. The zero-order valence-corrected chi connectivity index (χ0v) is 38.8. The third kappa shape index (κ3) is 9.64. The van der Waals surface area contributed by atoms with Crippen molar-refractivity contribution >= 4 is 51.2 Å². The molecule has 0 aromatic heterocycles. The molecule has 11 aromatic rings. The maximum Gasteiger partial charge on any atom is 0.0462 e. The molecule has 70 heavy (non-hydrogen) atoms. The van der Waals surface area contributed by atoms with Gasteiger partial charge in [-0.3, -0.25) is 0 Å². The van der Waals surface area contributed by atoms with E-state index in [2.05, 4.69) is 312 Å². The van der Waals surface area contributed by atoms with Crippen LogP contribution in [-0.4, -0.2) is 0 Å². The van der Waals surface area contributed by atoms with Gasteiger partial charge in [-0.25, -0.2) is 0 Å². The lowest BCUT2D eigenvalue weighted by Gasteiger charge is -2.26. The molecular formula is C67H51N3. The Balaban J connectivity index is 0.817. The van der Waals surface area contributed by atoms with E-state index >= 15 is 0 Å². The number of nitrogens with zero attached hydrogens (tertiary/aromatic N) is 3. The third-order valence-corrected chi connectivity index (χ3v) is 12.9. The van der Waals surface area contributed by atoms with Gasteiger partial charge < -0.3 is 14.7 Å². The van der Waals surface area contributed by atoms with Crippen LogP contribution in [0.4, 0.5) is 51.2 Å². The molecule has 0 aliphatic rings. The second-order valence-electron chi connectivity index (χ2n) is 17.4. The van der Waals surface area contributed by atoms with E-state index in [0.717, 1.165) is 74.3 Å². The van der Waals surface area contributed by atoms with Gasteiger partial charge in [0.05, 0.1) is 0 Å². The van der Waals surface area contributed by atoms with Gasteiger partial charge in [-0.05, 0) is 160 Å². The van der Waals surface area contributed by atoms with E-state index < -0.39 is 0 Å². The lowest BCUT2D eigenvalue weighted by molar-refractivity contribution is 1.19. The minimum absolute atomic E-state index is 0.932. The van der Waals surface area contributed by atoms with Crippen molar-refractivity contribution in [3.05, 3.63) is 308 Å². The van der Waals surface area contributed by atoms with Gasteiger partial charge in [0, 0.05) is 51.2 Å². The Morgan fingerprint density at radius 1 is 0.157 bits per heavy atom. The van der Waals surface area contributed by atoms with Crippen molar-refractivity contribution in [3.8, 4) is 33.4 Å². The highest BCUT2D eigenvalue weighted by Gasteiger charge is 2.17. The van der Waals surface area contributed by atoms with Crippen LogP contribution in [0.1, 0.15) is 11.1 Å². The van der Waals surface area contributed by atoms with E-state index in [-0.39, 0.29) is 0 Å². The summed E-state index contributed by atoms with van der Waals surface area (Å²) < 4.78 is 0. The highest BCUT2D eigenvalue weighted by molar-refractivity contribution is 5.83. The van der Waals surface area contributed by atoms with E-state index in [1.54, 1.807) is 0 Å². The van der Waals surface area contributed by atoms with Crippen molar-refractivity contribution < 1.29 is 0 Å². The molecule has 0 radical (unpaired) electrons. The summed E-state index contributed by atoms with van der Waals surface area (Å²) in [6.07, 6.45) is 0.932. The van der Waals surface area contributed by atoms with E-state index in [4.69, 9.17) is 0 Å². The molecule has 3 nitrogen and oxygen atoms in total. The van der Waals surface area contributed by atoms with Crippen molar-refractivity contribution in [2.75, 3.05) is 14.7 Å². The summed E-state index contributed by atoms with van der Waals surface area (Å²) in [6, 6.07) is 106. The SMILES string of the molecule is c1ccc(Cc2ccc(-c3ccc(N(c4ccccc4)c4ccc(-c5ccc(N(c6ccccc6)c6ccc(-c7ccc(N(c8ccccc8)c8ccccc8)cc7)cc6)cc5)cc4)cc3)cc2)cc1. The van der Waals surface area contributed by atoms with Crippen LogP contribution in [0, 0.1) is 0 Å². The quantitative estimate of drug-likeness (QED) is 0.108.